The topological polar surface area (TPSA) is 35.2 Å². The van der Waals surface area contributed by atoms with Crippen molar-refractivity contribution < 1.29 is 4.74 Å². The van der Waals surface area contributed by atoms with Gasteiger partial charge in [-0.1, -0.05) is 51.3 Å². The summed E-state index contributed by atoms with van der Waals surface area (Å²) in [5, 5.41) is 0. The molecule has 1 unspecified atom stereocenters. The van der Waals surface area contributed by atoms with Crippen molar-refractivity contribution in [2.24, 2.45) is 11.7 Å². The first-order chi connectivity index (χ1) is 9.21. The Hall–Kier alpha value is -0.860. The maximum absolute atomic E-state index is 5.89. The summed E-state index contributed by atoms with van der Waals surface area (Å²) in [6, 6.07) is 6.40. The lowest BCUT2D eigenvalue weighted by molar-refractivity contribution is 0.0817. The summed E-state index contributed by atoms with van der Waals surface area (Å²) in [6.07, 6.45) is 5.09. The van der Waals surface area contributed by atoms with Crippen molar-refractivity contribution in [3.8, 4) is 0 Å². The molecule has 0 aliphatic rings. The van der Waals surface area contributed by atoms with Gasteiger partial charge in [-0.05, 0) is 36.0 Å². The molecular weight excluding hydrogens is 234 g/mol. The fourth-order valence-electron chi connectivity index (χ4n) is 2.28. The van der Waals surface area contributed by atoms with E-state index in [0.717, 1.165) is 13.2 Å². The van der Waals surface area contributed by atoms with Crippen LogP contribution >= 0.6 is 0 Å². The Morgan fingerprint density at radius 2 is 2.05 bits per heavy atom. The molecule has 0 spiro atoms. The zero-order chi connectivity index (χ0) is 14.1. The van der Waals surface area contributed by atoms with E-state index in [1.54, 1.807) is 0 Å². The second kappa shape index (κ2) is 9.11. The smallest absolute Gasteiger partial charge is 0.0719 e. The molecule has 108 valence electrons. The highest BCUT2D eigenvalue weighted by Crippen LogP contribution is 2.16. The van der Waals surface area contributed by atoms with Crippen LogP contribution in [0.5, 0.6) is 0 Å². The van der Waals surface area contributed by atoms with Gasteiger partial charge in [-0.2, -0.15) is 0 Å². The Bertz CT molecular complexity index is 362. The summed E-state index contributed by atoms with van der Waals surface area (Å²) in [5.41, 5.74) is 9.39. The van der Waals surface area contributed by atoms with E-state index >= 15 is 0 Å². The quantitative estimate of drug-likeness (QED) is 0.725. The lowest BCUT2D eigenvalue weighted by Gasteiger charge is -2.15. The molecule has 0 saturated carbocycles. The Morgan fingerprint density at radius 1 is 1.26 bits per heavy atom. The summed E-state index contributed by atoms with van der Waals surface area (Å²) < 4.78 is 5.89. The van der Waals surface area contributed by atoms with Crippen LogP contribution in [-0.4, -0.2) is 6.61 Å². The Labute approximate surface area is 118 Å². The number of aryl methyl sites for hydroxylation is 1. The summed E-state index contributed by atoms with van der Waals surface area (Å²) in [6.45, 7) is 8.85. The van der Waals surface area contributed by atoms with E-state index < -0.39 is 0 Å². The average Bonchev–Trinajstić information content (AvgIpc) is 2.44. The highest BCUT2D eigenvalue weighted by atomic mass is 16.5. The maximum Gasteiger partial charge on any atom is 0.0719 e. The number of benzene rings is 1. The molecule has 0 aromatic heterocycles. The van der Waals surface area contributed by atoms with Crippen molar-refractivity contribution >= 4 is 0 Å². The lowest BCUT2D eigenvalue weighted by atomic mass is 10.0. The fraction of sp³-hybridized carbons (Fsp3) is 0.647. The summed E-state index contributed by atoms with van der Waals surface area (Å²) in [4.78, 5) is 0. The second-order valence-electron chi connectivity index (χ2n) is 5.40. The summed E-state index contributed by atoms with van der Waals surface area (Å²) in [5.74, 6) is 0.712. The van der Waals surface area contributed by atoms with Crippen molar-refractivity contribution in [1.82, 2.24) is 0 Å². The van der Waals surface area contributed by atoms with E-state index in [4.69, 9.17) is 10.5 Å². The van der Waals surface area contributed by atoms with Gasteiger partial charge in [0.15, 0.2) is 0 Å². The average molecular weight is 263 g/mol. The number of hydrogen-bond donors (Lipinski definition) is 1. The van der Waals surface area contributed by atoms with Gasteiger partial charge in [0.05, 0.1) is 6.61 Å². The molecule has 1 rings (SSSR count). The zero-order valence-corrected chi connectivity index (χ0v) is 12.7. The van der Waals surface area contributed by atoms with Crippen LogP contribution in [0.2, 0.25) is 0 Å². The zero-order valence-electron chi connectivity index (χ0n) is 12.7. The minimum Gasteiger partial charge on any atom is -0.376 e. The molecular formula is C17H29NO. The van der Waals surface area contributed by atoms with E-state index in [9.17, 15) is 0 Å². The van der Waals surface area contributed by atoms with Gasteiger partial charge in [0.1, 0.15) is 0 Å². The normalized spacial score (nSPS) is 12.6. The third-order valence-corrected chi connectivity index (χ3v) is 3.80. The van der Waals surface area contributed by atoms with Crippen molar-refractivity contribution in [3.63, 3.8) is 0 Å². The minimum atomic E-state index is 0.608. The van der Waals surface area contributed by atoms with E-state index in [1.807, 2.05) is 0 Å². The van der Waals surface area contributed by atoms with Crippen molar-refractivity contribution in [2.75, 3.05) is 6.61 Å². The predicted octanol–water partition coefficient (Wildman–Crippen LogP) is 4.19. The second-order valence-corrected chi connectivity index (χ2v) is 5.40. The van der Waals surface area contributed by atoms with Gasteiger partial charge in [-0.3, -0.25) is 0 Å². The van der Waals surface area contributed by atoms with Crippen molar-refractivity contribution in [2.45, 2.75) is 59.6 Å². The van der Waals surface area contributed by atoms with Crippen LogP contribution in [0.1, 0.15) is 56.2 Å². The molecule has 2 N–H and O–H groups in total. The van der Waals surface area contributed by atoms with Gasteiger partial charge >= 0.3 is 0 Å². The van der Waals surface area contributed by atoms with Gasteiger partial charge in [0.25, 0.3) is 0 Å². The number of nitrogens with two attached hydrogens (primary N) is 1. The van der Waals surface area contributed by atoms with Crippen LogP contribution in [0.4, 0.5) is 0 Å². The van der Waals surface area contributed by atoms with Crippen LogP contribution < -0.4 is 5.73 Å². The van der Waals surface area contributed by atoms with E-state index in [1.165, 1.54) is 42.4 Å². The van der Waals surface area contributed by atoms with Gasteiger partial charge in [0.2, 0.25) is 0 Å². The van der Waals surface area contributed by atoms with Crippen molar-refractivity contribution in [1.29, 1.82) is 0 Å². The number of hydrogen-bond acceptors (Lipinski definition) is 2. The fourth-order valence-corrected chi connectivity index (χ4v) is 2.28. The summed E-state index contributed by atoms with van der Waals surface area (Å²) >= 11 is 0. The van der Waals surface area contributed by atoms with E-state index in [-0.39, 0.29) is 0 Å². The van der Waals surface area contributed by atoms with Crippen LogP contribution in [0, 0.1) is 12.8 Å². The molecule has 0 amide bonds. The van der Waals surface area contributed by atoms with Crippen LogP contribution in [0.25, 0.3) is 0 Å². The highest BCUT2D eigenvalue weighted by Gasteiger charge is 2.07. The first-order valence-corrected chi connectivity index (χ1v) is 7.57. The molecule has 0 saturated heterocycles. The SMILES string of the molecule is CCCCC(CC)COCc1ccc(CN)cc1C. The molecule has 1 aromatic rings. The maximum atomic E-state index is 5.89. The number of unbranched alkanes of at least 4 members (excludes halogenated alkanes) is 1. The number of rotatable bonds is 9. The predicted molar refractivity (Wildman–Crippen MR) is 82.0 cm³/mol. The van der Waals surface area contributed by atoms with Crippen LogP contribution in [0.3, 0.4) is 0 Å². The Morgan fingerprint density at radius 3 is 2.63 bits per heavy atom. The third-order valence-electron chi connectivity index (χ3n) is 3.80. The molecule has 0 aliphatic heterocycles. The molecule has 1 aromatic carbocycles. The molecule has 0 radical (unpaired) electrons. The van der Waals surface area contributed by atoms with Crippen molar-refractivity contribution in [3.05, 3.63) is 34.9 Å². The molecule has 2 nitrogen and oxygen atoms in total. The molecule has 19 heavy (non-hydrogen) atoms. The van der Waals surface area contributed by atoms with E-state index in [0.29, 0.717) is 12.5 Å². The van der Waals surface area contributed by atoms with Gasteiger partial charge in [-0.25, -0.2) is 0 Å². The first-order valence-electron chi connectivity index (χ1n) is 7.57. The molecule has 1 atom stereocenters. The highest BCUT2D eigenvalue weighted by molar-refractivity contribution is 5.30. The largest absolute Gasteiger partial charge is 0.376 e. The molecule has 0 heterocycles. The van der Waals surface area contributed by atoms with Gasteiger partial charge in [0, 0.05) is 13.2 Å². The van der Waals surface area contributed by atoms with Crippen LogP contribution in [0.15, 0.2) is 18.2 Å². The number of ether oxygens (including phenoxy) is 1. The molecule has 2 heteroatoms. The standard InChI is InChI=1S/C17H29NO/c1-4-6-7-15(5-2)12-19-13-17-9-8-16(11-18)10-14(17)3/h8-10,15H,4-7,11-13,18H2,1-3H3. The molecule has 0 fully saturated rings. The first kappa shape index (κ1) is 16.2. The lowest BCUT2D eigenvalue weighted by Crippen LogP contribution is -2.09. The monoisotopic (exact) mass is 263 g/mol. The Balaban J connectivity index is 2.39. The summed E-state index contributed by atoms with van der Waals surface area (Å²) in [7, 11) is 0. The Kier molecular flexibility index (Phi) is 7.76. The van der Waals surface area contributed by atoms with Gasteiger partial charge in [-0.15, -0.1) is 0 Å². The minimum absolute atomic E-state index is 0.608. The van der Waals surface area contributed by atoms with E-state index in [2.05, 4.69) is 39.0 Å². The molecule has 0 aliphatic carbocycles. The molecule has 0 bridgehead atoms. The third kappa shape index (κ3) is 5.75. The van der Waals surface area contributed by atoms with Gasteiger partial charge < -0.3 is 10.5 Å². The van der Waals surface area contributed by atoms with Crippen LogP contribution in [-0.2, 0) is 17.9 Å².